The third-order valence-electron chi connectivity index (χ3n) is 1.39. The van der Waals surface area contributed by atoms with E-state index in [9.17, 15) is 10.1 Å². The van der Waals surface area contributed by atoms with E-state index in [4.69, 9.17) is 4.74 Å². The van der Waals surface area contributed by atoms with Gasteiger partial charge >= 0.3 is 0 Å². The lowest BCUT2D eigenvalue weighted by Crippen LogP contribution is -1.98. The van der Waals surface area contributed by atoms with Crippen molar-refractivity contribution in [3.8, 4) is 0 Å². The first-order valence-electron chi connectivity index (χ1n) is 3.62. The van der Waals surface area contributed by atoms with Crippen LogP contribution in [-0.2, 0) is 11.5 Å². The summed E-state index contributed by atoms with van der Waals surface area (Å²) in [5.74, 6) is 0. The number of rotatable bonds is 4. The van der Waals surface area contributed by atoms with Crippen molar-refractivity contribution in [2.24, 2.45) is 0 Å². The normalized spacial score (nSPS) is 10.1. The molecule has 1 rings (SSSR count). The first-order valence-corrected chi connectivity index (χ1v) is 3.62. The number of aromatic nitrogens is 1. The highest BCUT2D eigenvalue weighted by atomic mass is 16.6. The first-order chi connectivity index (χ1) is 5.74. The van der Waals surface area contributed by atoms with Gasteiger partial charge in [-0.2, -0.15) is 0 Å². The van der Waals surface area contributed by atoms with Crippen molar-refractivity contribution in [3.63, 3.8) is 0 Å². The molecule has 0 spiro atoms. The molecule has 12 heavy (non-hydrogen) atoms. The molecule has 0 fully saturated rings. The number of nitrogens with zero attached hydrogens (tertiary/aromatic N) is 2. The van der Waals surface area contributed by atoms with Gasteiger partial charge in [-0.1, -0.05) is 0 Å². The van der Waals surface area contributed by atoms with Gasteiger partial charge in [0.1, 0.15) is 6.73 Å². The minimum absolute atomic E-state index is 0.0923. The summed E-state index contributed by atoms with van der Waals surface area (Å²) in [6.45, 7) is 2.84. The van der Waals surface area contributed by atoms with Gasteiger partial charge in [0.25, 0.3) is 5.69 Å². The molecule has 1 aromatic heterocycles. The van der Waals surface area contributed by atoms with Crippen molar-refractivity contribution in [2.45, 2.75) is 13.7 Å². The Hall–Kier alpha value is -1.36. The molecule has 5 nitrogen and oxygen atoms in total. The summed E-state index contributed by atoms with van der Waals surface area (Å²) < 4.78 is 6.68. The molecule has 0 bridgehead atoms. The molecule has 0 aromatic carbocycles. The lowest BCUT2D eigenvalue weighted by atomic mass is 10.6. The van der Waals surface area contributed by atoms with Gasteiger partial charge in [0.15, 0.2) is 0 Å². The Bertz CT molecular complexity index is 269. The highest BCUT2D eigenvalue weighted by Crippen LogP contribution is 2.10. The van der Waals surface area contributed by atoms with E-state index in [0.29, 0.717) is 13.3 Å². The second-order valence-corrected chi connectivity index (χ2v) is 2.26. The average molecular weight is 170 g/mol. The topological polar surface area (TPSA) is 57.3 Å². The molecule has 0 aliphatic rings. The molecule has 0 unspecified atom stereocenters. The van der Waals surface area contributed by atoms with Crippen LogP contribution in [0.2, 0.25) is 0 Å². The fourth-order valence-electron chi connectivity index (χ4n) is 0.813. The molecule has 0 radical (unpaired) electrons. The number of ether oxygens (including phenoxy) is 1. The molecule has 0 saturated heterocycles. The molecule has 0 atom stereocenters. The van der Waals surface area contributed by atoms with Crippen LogP contribution in [0.1, 0.15) is 6.92 Å². The van der Waals surface area contributed by atoms with E-state index < -0.39 is 4.92 Å². The smallest absolute Gasteiger partial charge is 0.286 e. The average Bonchev–Trinajstić information content (AvgIpc) is 2.48. The first kappa shape index (κ1) is 8.73. The molecule has 0 saturated carbocycles. The fourth-order valence-corrected chi connectivity index (χ4v) is 0.813. The second kappa shape index (κ2) is 3.87. The van der Waals surface area contributed by atoms with Crippen LogP contribution in [0.25, 0.3) is 0 Å². The summed E-state index contributed by atoms with van der Waals surface area (Å²) in [5.41, 5.74) is 0.0923. The summed E-state index contributed by atoms with van der Waals surface area (Å²) in [7, 11) is 0. The van der Waals surface area contributed by atoms with Crippen LogP contribution in [-0.4, -0.2) is 16.1 Å². The van der Waals surface area contributed by atoms with Gasteiger partial charge in [0, 0.05) is 18.9 Å². The van der Waals surface area contributed by atoms with Gasteiger partial charge in [0.05, 0.1) is 11.1 Å². The standard InChI is InChI=1S/C7H10N2O3/c1-2-12-6-8-4-3-7(5-8)9(10)11/h3-5H,2,6H2,1H3. The van der Waals surface area contributed by atoms with Crippen LogP contribution in [0.15, 0.2) is 18.5 Å². The Kier molecular flexibility index (Phi) is 2.82. The van der Waals surface area contributed by atoms with E-state index in [-0.39, 0.29) is 5.69 Å². The maximum Gasteiger partial charge on any atom is 0.286 e. The predicted octanol–water partition coefficient (Wildman–Crippen LogP) is 1.39. The largest absolute Gasteiger partial charge is 0.361 e. The van der Waals surface area contributed by atoms with Gasteiger partial charge in [-0.25, -0.2) is 0 Å². The van der Waals surface area contributed by atoms with Crippen molar-refractivity contribution < 1.29 is 9.66 Å². The summed E-state index contributed by atoms with van der Waals surface area (Å²) in [6.07, 6.45) is 3.06. The molecule has 0 aliphatic heterocycles. The zero-order chi connectivity index (χ0) is 8.97. The second-order valence-electron chi connectivity index (χ2n) is 2.26. The Morgan fingerprint density at radius 1 is 1.75 bits per heavy atom. The van der Waals surface area contributed by atoms with E-state index in [2.05, 4.69) is 0 Å². The molecule has 0 amide bonds. The Balaban J connectivity index is 2.58. The van der Waals surface area contributed by atoms with Crippen molar-refractivity contribution in [2.75, 3.05) is 6.61 Å². The van der Waals surface area contributed by atoms with Crippen molar-refractivity contribution in [1.29, 1.82) is 0 Å². The van der Waals surface area contributed by atoms with Gasteiger partial charge in [-0.05, 0) is 6.92 Å². The van der Waals surface area contributed by atoms with Gasteiger partial charge < -0.3 is 9.30 Å². The van der Waals surface area contributed by atoms with Crippen molar-refractivity contribution in [1.82, 2.24) is 4.57 Å². The zero-order valence-electron chi connectivity index (χ0n) is 6.77. The lowest BCUT2D eigenvalue weighted by Gasteiger charge is -1.99. The molecule has 66 valence electrons. The van der Waals surface area contributed by atoms with Gasteiger partial charge in [0.2, 0.25) is 0 Å². The third kappa shape index (κ3) is 2.06. The van der Waals surface area contributed by atoms with Gasteiger partial charge in [-0.3, -0.25) is 10.1 Å². The number of hydrogen-bond acceptors (Lipinski definition) is 3. The van der Waals surface area contributed by atoms with Gasteiger partial charge in [-0.15, -0.1) is 0 Å². The highest BCUT2D eigenvalue weighted by molar-refractivity contribution is 5.25. The minimum atomic E-state index is -0.428. The molecular formula is C7H10N2O3. The third-order valence-corrected chi connectivity index (χ3v) is 1.39. The maximum atomic E-state index is 10.2. The number of hydrogen-bond donors (Lipinski definition) is 0. The lowest BCUT2D eigenvalue weighted by molar-refractivity contribution is -0.384. The van der Waals surface area contributed by atoms with E-state index in [1.165, 1.54) is 12.3 Å². The fraction of sp³-hybridized carbons (Fsp3) is 0.429. The van der Waals surface area contributed by atoms with E-state index >= 15 is 0 Å². The Morgan fingerprint density at radius 2 is 2.50 bits per heavy atom. The quantitative estimate of drug-likeness (QED) is 0.506. The highest BCUT2D eigenvalue weighted by Gasteiger charge is 2.05. The van der Waals surface area contributed by atoms with E-state index in [1.807, 2.05) is 6.92 Å². The molecule has 1 aromatic rings. The molecule has 1 heterocycles. The summed E-state index contributed by atoms with van der Waals surface area (Å²) in [4.78, 5) is 9.81. The molecule has 0 aliphatic carbocycles. The van der Waals surface area contributed by atoms with Crippen LogP contribution >= 0.6 is 0 Å². The molecular weight excluding hydrogens is 160 g/mol. The summed E-state index contributed by atoms with van der Waals surface area (Å²) in [6, 6.07) is 1.44. The summed E-state index contributed by atoms with van der Waals surface area (Å²) >= 11 is 0. The minimum Gasteiger partial charge on any atom is -0.361 e. The monoisotopic (exact) mass is 170 g/mol. The number of nitro groups is 1. The maximum absolute atomic E-state index is 10.2. The molecule has 0 N–H and O–H groups in total. The predicted molar refractivity (Wildman–Crippen MR) is 42.7 cm³/mol. The summed E-state index contributed by atoms with van der Waals surface area (Å²) in [5, 5.41) is 10.2. The van der Waals surface area contributed by atoms with Crippen LogP contribution in [0, 0.1) is 10.1 Å². The molecule has 5 heteroatoms. The zero-order valence-corrected chi connectivity index (χ0v) is 6.77. The van der Waals surface area contributed by atoms with Crippen LogP contribution in [0.4, 0.5) is 5.69 Å². The van der Waals surface area contributed by atoms with Crippen LogP contribution < -0.4 is 0 Å². The van der Waals surface area contributed by atoms with Crippen LogP contribution in [0.3, 0.4) is 0 Å². The van der Waals surface area contributed by atoms with E-state index in [1.54, 1.807) is 10.8 Å². The van der Waals surface area contributed by atoms with Crippen molar-refractivity contribution in [3.05, 3.63) is 28.6 Å². The van der Waals surface area contributed by atoms with Crippen molar-refractivity contribution >= 4 is 5.69 Å². The van der Waals surface area contributed by atoms with E-state index in [0.717, 1.165) is 0 Å². The SMILES string of the molecule is CCOCn1ccc([N+](=O)[O-])c1. The Morgan fingerprint density at radius 3 is 3.00 bits per heavy atom. The Labute approximate surface area is 69.7 Å². The van der Waals surface area contributed by atoms with Crippen LogP contribution in [0.5, 0.6) is 0 Å².